The minimum atomic E-state index is -0.860. The van der Waals surface area contributed by atoms with Gasteiger partial charge in [0.25, 0.3) is 0 Å². The molecule has 196 valence electrons. The Hall–Kier alpha value is -2.90. The van der Waals surface area contributed by atoms with Crippen molar-refractivity contribution in [3.8, 4) is 0 Å². The Labute approximate surface area is 226 Å². The number of carbonyl (C=O) groups is 2. The van der Waals surface area contributed by atoms with Crippen molar-refractivity contribution < 1.29 is 18.4 Å². The third-order valence-corrected chi connectivity index (χ3v) is 7.40. The van der Waals surface area contributed by atoms with Gasteiger partial charge in [0.15, 0.2) is 0 Å². The highest BCUT2D eigenvalue weighted by atomic mass is 35.5. The Morgan fingerprint density at radius 1 is 0.973 bits per heavy atom. The molecule has 3 rings (SSSR count). The van der Waals surface area contributed by atoms with Gasteiger partial charge in [-0.15, -0.1) is 11.8 Å². The van der Waals surface area contributed by atoms with Crippen LogP contribution < -0.4 is 5.32 Å². The summed E-state index contributed by atoms with van der Waals surface area (Å²) in [6, 6.07) is 19.1. The number of rotatable bonds is 12. The number of amides is 2. The van der Waals surface area contributed by atoms with Crippen molar-refractivity contribution in [3.05, 3.63) is 106 Å². The van der Waals surface area contributed by atoms with Crippen LogP contribution in [0.15, 0.2) is 72.8 Å². The van der Waals surface area contributed by atoms with Crippen LogP contribution in [0.25, 0.3) is 0 Å². The third-order valence-electron chi connectivity index (χ3n) is 6.10. The van der Waals surface area contributed by atoms with Crippen LogP contribution in [0.3, 0.4) is 0 Å². The molecular weight excluding hydrogens is 514 g/mol. The number of halogens is 3. The van der Waals surface area contributed by atoms with E-state index >= 15 is 0 Å². The first-order valence-corrected chi connectivity index (χ1v) is 13.7. The fraction of sp³-hybridized carbons (Fsp3) is 0.310. The molecule has 3 aromatic rings. The molecule has 0 aliphatic rings. The summed E-state index contributed by atoms with van der Waals surface area (Å²) in [5.74, 6) is -1.38. The van der Waals surface area contributed by atoms with Gasteiger partial charge in [-0.1, -0.05) is 73.1 Å². The van der Waals surface area contributed by atoms with Crippen molar-refractivity contribution in [2.24, 2.45) is 0 Å². The lowest BCUT2D eigenvalue weighted by atomic mass is 10.0. The van der Waals surface area contributed by atoms with Gasteiger partial charge in [0.05, 0.1) is 5.75 Å². The van der Waals surface area contributed by atoms with Gasteiger partial charge in [-0.25, -0.2) is 8.78 Å². The van der Waals surface area contributed by atoms with Crippen molar-refractivity contribution in [3.63, 3.8) is 0 Å². The van der Waals surface area contributed by atoms with E-state index < -0.39 is 17.7 Å². The third kappa shape index (κ3) is 8.30. The van der Waals surface area contributed by atoms with Crippen LogP contribution in [0.2, 0.25) is 5.02 Å². The van der Waals surface area contributed by atoms with E-state index in [1.807, 2.05) is 44.2 Å². The van der Waals surface area contributed by atoms with Crippen LogP contribution in [0.5, 0.6) is 0 Å². The molecule has 0 aliphatic heterocycles. The highest BCUT2D eigenvalue weighted by Crippen LogP contribution is 2.25. The molecule has 3 aromatic carbocycles. The van der Waals surface area contributed by atoms with E-state index in [1.165, 1.54) is 34.9 Å². The molecule has 0 aliphatic carbocycles. The standard InChI is InChI=1S/C29H31ClF2N2O2S/c1-3-20(2)33-29(36)27(16-21-10-5-4-6-11-21)34(17-22-12-7-8-14-25(22)31)28(35)19-37-18-23-24(30)13-9-15-26(23)32/h4-15,20,27H,3,16-19H2,1-2H3,(H,33,36)/t20-,27+/m0/s1. The van der Waals surface area contributed by atoms with Gasteiger partial charge >= 0.3 is 0 Å². The van der Waals surface area contributed by atoms with E-state index in [2.05, 4.69) is 5.32 Å². The molecule has 2 atom stereocenters. The van der Waals surface area contributed by atoms with Crippen molar-refractivity contribution >= 4 is 35.2 Å². The molecule has 0 saturated heterocycles. The van der Waals surface area contributed by atoms with E-state index in [0.717, 1.165) is 12.0 Å². The van der Waals surface area contributed by atoms with Crippen molar-refractivity contribution in [1.29, 1.82) is 0 Å². The van der Waals surface area contributed by atoms with E-state index in [9.17, 15) is 18.4 Å². The Morgan fingerprint density at radius 3 is 2.32 bits per heavy atom. The van der Waals surface area contributed by atoms with Crippen molar-refractivity contribution in [2.45, 2.75) is 51.1 Å². The Bertz CT molecular complexity index is 1180. The Kier molecular flexibility index (Phi) is 11.0. The van der Waals surface area contributed by atoms with Gasteiger partial charge < -0.3 is 10.2 Å². The number of nitrogens with zero attached hydrogens (tertiary/aromatic N) is 1. The fourth-order valence-corrected chi connectivity index (χ4v) is 5.05. The number of hydrogen-bond donors (Lipinski definition) is 1. The van der Waals surface area contributed by atoms with E-state index in [1.54, 1.807) is 24.3 Å². The first-order chi connectivity index (χ1) is 17.8. The fourth-order valence-electron chi connectivity index (χ4n) is 3.80. The minimum absolute atomic E-state index is 0.0268. The number of benzene rings is 3. The number of hydrogen-bond acceptors (Lipinski definition) is 3. The lowest BCUT2D eigenvalue weighted by Gasteiger charge is -2.32. The largest absolute Gasteiger partial charge is 0.352 e. The average molecular weight is 545 g/mol. The van der Waals surface area contributed by atoms with Crippen LogP contribution in [0.4, 0.5) is 8.78 Å². The summed E-state index contributed by atoms with van der Waals surface area (Å²) >= 11 is 7.33. The number of nitrogens with one attached hydrogen (secondary N) is 1. The number of thioether (sulfide) groups is 1. The zero-order valence-corrected chi connectivity index (χ0v) is 22.5. The number of carbonyl (C=O) groups excluding carboxylic acids is 2. The highest BCUT2D eigenvalue weighted by Gasteiger charge is 2.31. The molecule has 0 heterocycles. The molecule has 8 heteroatoms. The van der Waals surface area contributed by atoms with Crippen molar-refractivity contribution in [2.75, 3.05) is 5.75 Å². The molecule has 0 radical (unpaired) electrons. The van der Waals surface area contributed by atoms with E-state index in [0.29, 0.717) is 11.1 Å². The minimum Gasteiger partial charge on any atom is -0.352 e. The maximum Gasteiger partial charge on any atom is 0.243 e. The summed E-state index contributed by atoms with van der Waals surface area (Å²) in [4.78, 5) is 28.5. The molecule has 37 heavy (non-hydrogen) atoms. The lowest BCUT2D eigenvalue weighted by molar-refractivity contribution is -0.139. The molecule has 0 bridgehead atoms. The summed E-state index contributed by atoms with van der Waals surface area (Å²) in [6.45, 7) is 3.79. The first kappa shape index (κ1) is 28.7. The van der Waals surface area contributed by atoms with E-state index in [-0.39, 0.29) is 47.4 Å². The zero-order valence-electron chi connectivity index (χ0n) is 20.9. The van der Waals surface area contributed by atoms with Gasteiger partial charge in [0.2, 0.25) is 11.8 Å². The van der Waals surface area contributed by atoms with Crippen molar-refractivity contribution in [1.82, 2.24) is 10.2 Å². The van der Waals surface area contributed by atoms with Crippen LogP contribution in [-0.2, 0) is 28.3 Å². The smallest absolute Gasteiger partial charge is 0.243 e. The normalized spacial score (nSPS) is 12.6. The summed E-state index contributed by atoms with van der Waals surface area (Å²) < 4.78 is 28.8. The van der Waals surface area contributed by atoms with Gasteiger partial charge in [-0.2, -0.15) is 0 Å². The summed E-state index contributed by atoms with van der Waals surface area (Å²) in [5.41, 5.74) is 1.51. The second kappa shape index (κ2) is 14.1. The average Bonchev–Trinajstić information content (AvgIpc) is 2.89. The SMILES string of the molecule is CC[C@H](C)NC(=O)[C@@H](Cc1ccccc1)N(Cc1ccccc1F)C(=O)CSCc1c(F)cccc1Cl. The van der Waals surface area contributed by atoms with Gasteiger partial charge in [-0.05, 0) is 37.1 Å². The van der Waals surface area contributed by atoms with E-state index in [4.69, 9.17) is 11.6 Å². The first-order valence-electron chi connectivity index (χ1n) is 12.2. The highest BCUT2D eigenvalue weighted by molar-refractivity contribution is 7.99. The van der Waals surface area contributed by atoms with Gasteiger partial charge in [-0.3, -0.25) is 9.59 Å². The van der Waals surface area contributed by atoms with Crippen LogP contribution in [0.1, 0.15) is 37.0 Å². The summed E-state index contributed by atoms with van der Waals surface area (Å²) in [7, 11) is 0. The molecule has 0 aromatic heterocycles. The summed E-state index contributed by atoms with van der Waals surface area (Å²) in [5, 5.41) is 3.27. The summed E-state index contributed by atoms with van der Waals surface area (Å²) in [6.07, 6.45) is 0.997. The second-order valence-corrected chi connectivity index (χ2v) is 10.2. The maximum atomic E-state index is 14.6. The topological polar surface area (TPSA) is 49.4 Å². The lowest BCUT2D eigenvalue weighted by Crippen LogP contribution is -2.52. The van der Waals surface area contributed by atoms with Gasteiger partial charge in [0.1, 0.15) is 17.7 Å². The van der Waals surface area contributed by atoms with Crippen LogP contribution >= 0.6 is 23.4 Å². The molecule has 0 spiro atoms. The monoisotopic (exact) mass is 544 g/mol. The Morgan fingerprint density at radius 2 is 1.65 bits per heavy atom. The predicted molar refractivity (Wildman–Crippen MR) is 146 cm³/mol. The zero-order chi connectivity index (χ0) is 26.8. The molecule has 0 fully saturated rings. The van der Waals surface area contributed by atoms with Crippen LogP contribution in [0, 0.1) is 11.6 Å². The maximum absolute atomic E-state index is 14.6. The second-order valence-electron chi connectivity index (χ2n) is 8.83. The molecule has 1 N–H and O–H groups in total. The van der Waals surface area contributed by atoms with Gasteiger partial charge in [0, 0.05) is 40.9 Å². The predicted octanol–water partition coefficient (Wildman–Crippen LogP) is 6.41. The molecule has 4 nitrogen and oxygen atoms in total. The quantitative estimate of drug-likeness (QED) is 0.287. The molecule has 0 saturated carbocycles. The molecular formula is C29H31ClF2N2O2S. The molecule has 2 amide bonds. The van der Waals surface area contributed by atoms with Crippen LogP contribution in [-0.4, -0.2) is 34.6 Å². The Balaban J connectivity index is 1.89. The molecule has 0 unspecified atom stereocenters.